The monoisotopic (exact) mass is 244 g/mol. The molecule has 1 saturated carbocycles. The Morgan fingerprint density at radius 1 is 1.50 bits per heavy atom. The molecule has 0 aromatic heterocycles. The van der Waals surface area contributed by atoms with Crippen molar-refractivity contribution in [3.63, 3.8) is 0 Å². The largest absolute Gasteiger partial charge is 0.507 e. The van der Waals surface area contributed by atoms with Crippen LogP contribution in [-0.4, -0.2) is 17.1 Å². The second-order valence-electron chi connectivity index (χ2n) is 4.77. The average Bonchev–Trinajstić information content (AvgIpc) is 2.79. The standard InChI is InChI=1S/C14H16N2O2/c1-9-5-6-13(17)11(7-9)14(18)16-12-4-2-3-10(12)8-15/h5-7,10,12,17H,2-4H2,1H3,(H,16,18). The molecule has 2 unspecified atom stereocenters. The number of nitriles is 1. The zero-order valence-electron chi connectivity index (χ0n) is 10.3. The van der Waals surface area contributed by atoms with Crippen LogP contribution in [0.4, 0.5) is 0 Å². The van der Waals surface area contributed by atoms with Crippen LogP contribution >= 0.6 is 0 Å². The minimum atomic E-state index is -0.302. The quantitative estimate of drug-likeness (QED) is 0.837. The number of aryl methyl sites for hydroxylation is 1. The Labute approximate surface area is 106 Å². The second-order valence-corrected chi connectivity index (χ2v) is 4.77. The highest BCUT2D eigenvalue weighted by atomic mass is 16.3. The van der Waals surface area contributed by atoms with Gasteiger partial charge in [0.25, 0.3) is 5.91 Å². The maximum absolute atomic E-state index is 12.1. The summed E-state index contributed by atoms with van der Waals surface area (Å²) in [7, 11) is 0. The van der Waals surface area contributed by atoms with Gasteiger partial charge in [0.2, 0.25) is 0 Å². The van der Waals surface area contributed by atoms with E-state index in [0.717, 1.165) is 24.8 Å². The number of hydrogen-bond acceptors (Lipinski definition) is 3. The highest BCUT2D eigenvalue weighted by Gasteiger charge is 2.29. The van der Waals surface area contributed by atoms with E-state index in [9.17, 15) is 9.90 Å². The van der Waals surface area contributed by atoms with Crippen LogP contribution in [0.1, 0.15) is 35.2 Å². The number of aromatic hydroxyl groups is 1. The molecule has 4 nitrogen and oxygen atoms in total. The molecular weight excluding hydrogens is 228 g/mol. The highest BCUT2D eigenvalue weighted by Crippen LogP contribution is 2.26. The van der Waals surface area contributed by atoms with Crippen LogP contribution in [0.15, 0.2) is 18.2 Å². The highest BCUT2D eigenvalue weighted by molar-refractivity contribution is 5.97. The van der Waals surface area contributed by atoms with E-state index in [2.05, 4.69) is 11.4 Å². The van der Waals surface area contributed by atoms with Gasteiger partial charge in [-0.1, -0.05) is 11.6 Å². The summed E-state index contributed by atoms with van der Waals surface area (Å²) in [6.07, 6.45) is 2.63. The number of phenolic OH excluding ortho intramolecular Hbond substituents is 1. The van der Waals surface area contributed by atoms with Gasteiger partial charge in [0.05, 0.1) is 17.6 Å². The molecule has 94 valence electrons. The molecule has 1 aliphatic carbocycles. The number of rotatable bonds is 2. The van der Waals surface area contributed by atoms with Gasteiger partial charge in [-0.2, -0.15) is 5.26 Å². The number of nitrogens with one attached hydrogen (secondary N) is 1. The summed E-state index contributed by atoms with van der Waals surface area (Å²) in [5.74, 6) is -0.436. The van der Waals surface area contributed by atoms with Crippen molar-refractivity contribution in [1.82, 2.24) is 5.32 Å². The van der Waals surface area contributed by atoms with Crippen LogP contribution in [0, 0.1) is 24.2 Å². The van der Waals surface area contributed by atoms with Crippen molar-refractivity contribution in [2.45, 2.75) is 32.2 Å². The van der Waals surface area contributed by atoms with Gasteiger partial charge < -0.3 is 10.4 Å². The zero-order chi connectivity index (χ0) is 13.1. The van der Waals surface area contributed by atoms with Gasteiger partial charge >= 0.3 is 0 Å². The van der Waals surface area contributed by atoms with Gasteiger partial charge in [-0.05, 0) is 38.3 Å². The Hall–Kier alpha value is -2.02. The molecule has 1 fully saturated rings. The van der Waals surface area contributed by atoms with Crippen LogP contribution in [0.2, 0.25) is 0 Å². The minimum absolute atomic E-state index is 0.0235. The van der Waals surface area contributed by atoms with E-state index in [1.165, 1.54) is 6.07 Å². The van der Waals surface area contributed by atoms with E-state index in [4.69, 9.17) is 5.26 Å². The fourth-order valence-electron chi connectivity index (χ4n) is 2.37. The first-order valence-corrected chi connectivity index (χ1v) is 6.12. The predicted molar refractivity (Wildman–Crippen MR) is 67.1 cm³/mol. The molecular formula is C14H16N2O2. The van der Waals surface area contributed by atoms with E-state index in [1.807, 2.05) is 6.92 Å². The average molecular weight is 244 g/mol. The van der Waals surface area contributed by atoms with E-state index >= 15 is 0 Å². The molecule has 4 heteroatoms. The third-order valence-electron chi connectivity index (χ3n) is 3.39. The topological polar surface area (TPSA) is 73.1 Å². The third kappa shape index (κ3) is 2.45. The molecule has 1 aliphatic rings. The maximum Gasteiger partial charge on any atom is 0.255 e. The maximum atomic E-state index is 12.1. The van der Waals surface area contributed by atoms with Crippen molar-refractivity contribution in [2.24, 2.45) is 5.92 Å². The van der Waals surface area contributed by atoms with Crippen molar-refractivity contribution in [3.05, 3.63) is 29.3 Å². The van der Waals surface area contributed by atoms with Gasteiger partial charge in [0, 0.05) is 6.04 Å². The van der Waals surface area contributed by atoms with Crippen molar-refractivity contribution >= 4 is 5.91 Å². The van der Waals surface area contributed by atoms with Crippen LogP contribution in [-0.2, 0) is 0 Å². The number of phenols is 1. The van der Waals surface area contributed by atoms with E-state index in [0.29, 0.717) is 0 Å². The molecule has 18 heavy (non-hydrogen) atoms. The van der Waals surface area contributed by atoms with Crippen LogP contribution < -0.4 is 5.32 Å². The molecule has 2 N–H and O–H groups in total. The van der Waals surface area contributed by atoms with Gasteiger partial charge in [-0.3, -0.25) is 4.79 Å². The summed E-state index contributed by atoms with van der Waals surface area (Å²) in [6.45, 7) is 1.86. The van der Waals surface area contributed by atoms with E-state index < -0.39 is 0 Å². The summed E-state index contributed by atoms with van der Waals surface area (Å²) in [6, 6.07) is 7.04. The molecule has 1 aromatic rings. The number of hydrogen-bond donors (Lipinski definition) is 2. The zero-order valence-corrected chi connectivity index (χ0v) is 10.3. The first kappa shape index (κ1) is 12.4. The first-order chi connectivity index (χ1) is 8.61. The van der Waals surface area contributed by atoms with Crippen LogP contribution in [0.25, 0.3) is 0 Å². The predicted octanol–water partition coefficient (Wildman–Crippen LogP) is 2.12. The lowest BCUT2D eigenvalue weighted by Crippen LogP contribution is -2.36. The molecule has 2 rings (SSSR count). The van der Waals surface area contributed by atoms with Gasteiger partial charge in [0.15, 0.2) is 0 Å². The molecule has 0 bridgehead atoms. The van der Waals surface area contributed by atoms with Crippen molar-refractivity contribution < 1.29 is 9.90 Å². The number of amides is 1. The number of benzene rings is 1. The third-order valence-corrected chi connectivity index (χ3v) is 3.39. The fourth-order valence-corrected chi connectivity index (χ4v) is 2.37. The van der Waals surface area contributed by atoms with Gasteiger partial charge in [-0.15, -0.1) is 0 Å². The lowest BCUT2D eigenvalue weighted by Gasteiger charge is -2.16. The Bertz CT molecular complexity index is 505. The molecule has 0 spiro atoms. The Morgan fingerprint density at radius 3 is 3.00 bits per heavy atom. The number of carbonyl (C=O) groups is 1. The Kier molecular flexibility index (Phi) is 3.52. The van der Waals surface area contributed by atoms with Crippen molar-refractivity contribution in [3.8, 4) is 11.8 Å². The SMILES string of the molecule is Cc1ccc(O)c(C(=O)NC2CCCC2C#N)c1. The van der Waals surface area contributed by atoms with Gasteiger partial charge in [0.1, 0.15) is 5.75 Å². The van der Waals surface area contributed by atoms with Crippen LogP contribution in [0.5, 0.6) is 5.75 Å². The number of carbonyl (C=O) groups excluding carboxylic acids is 1. The molecule has 0 aliphatic heterocycles. The smallest absolute Gasteiger partial charge is 0.255 e. The Morgan fingerprint density at radius 2 is 2.28 bits per heavy atom. The molecule has 1 aromatic carbocycles. The molecule has 1 amide bonds. The molecule has 0 saturated heterocycles. The van der Waals surface area contributed by atoms with Crippen molar-refractivity contribution in [1.29, 1.82) is 5.26 Å². The minimum Gasteiger partial charge on any atom is -0.507 e. The molecule has 0 radical (unpaired) electrons. The van der Waals surface area contributed by atoms with Crippen molar-refractivity contribution in [2.75, 3.05) is 0 Å². The summed E-state index contributed by atoms with van der Waals surface area (Å²) >= 11 is 0. The lowest BCUT2D eigenvalue weighted by atomic mass is 10.0. The lowest BCUT2D eigenvalue weighted by molar-refractivity contribution is 0.0930. The van der Waals surface area contributed by atoms with E-state index in [-0.39, 0.29) is 29.2 Å². The first-order valence-electron chi connectivity index (χ1n) is 6.12. The summed E-state index contributed by atoms with van der Waals surface area (Å²) in [4.78, 5) is 12.1. The molecule has 0 heterocycles. The van der Waals surface area contributed by atoms with E-state index in [1.54, 1.807) is 12.1 Å². The normalized spacial score (nSPS) is 22.4. The van der Waals surface area contributed by atoms with Crippen LogP contribution in [0.3, 0.4) is 0 Å². The number of nitrogens with zero attached hydrogens (tertiary/aromatic N) is 1. The summed E-state index contributed by atoms with van der Waals surface area (Å²) < 4.78 is 0. The Balaban J connectivity index is 2.13. The fraction of sp³-hybridized carbons (Fsp3) is 0.429. The van der Waals surface area contributed by atoms with Gasteiger partial charge in [-0.25, -0.2) is 0 Å². The second kappa shape index (κ2) is 5.09. The summed E-state index contributed by atoms with van der Waals surface area (Å²) in [5, 5.41) is 21.5. The summed E-state index contributed by atoms with van der Waals surface area (Å²) in [5.41, 5.74) is 1.19. The molecule has 2 atom stereocenters.